The highest BCUT2D eigenvalue weighted by molar-refractivity contribution is 5.69. The topological polar surface area (TPSA) is 41.6 Å². The molecular weight excluding hydrogens is 228 g/mol. The lowest BCUT2D eigenvalue weighted by molar-refractivity contribution is 0.0482. The first-order valence-corrected chi connectivity index (χ1v) is 6.77. The number of amides is 1. The summed E-state index contributed by atoms with van der Waals surface area (Å²) in [5, 5.41) is 3.04. The summed E-state index contributed by atoms with van der Waals surface area (Å²) in [5.74, 6) is 0. The van der Waals surface area contributed by atoms with Crippen molar-refractivity contribution in [2.24, 2.45) is 0 Å². The number of rotatable bonds is 3. The molecule has 102 valence electrons. The minimum atomic E-state index is -0.423. The van der Waals surface area contributed by atoms with Gasteiger partial charge in [-0.25, -0.2) is 4.79 Å². The predicted molar refractivity (Wildman–Crippen MR) is 71.5 cm³/mol. The standard InChI is InChI=1S/C14H24N2O2/c1-13(2,3)18-12(17)15-14(7-8-14)11-16-9-5-4-6-10-16/h4-5H,6-11H2,1-3H3,(H,15,17). The zero-order chi connectivity index (χ0) is 13.2. The monoisotopic (exact) mass is 252 g/mol. The summed E-state index contributed by atoms with van der Waals surface area (Å²) >= 11 is 0. The van der Waals surface area contributed by atoms with Crippen LogP contribution in [-0.2, 0) is 4.74 Å². The second kappa shape index (κ2) is 4.92. The van der Waals surface area contributed by atoms with Crippen molar-refractivity contribution in [2.75, 3.05) is 19.6 Å². The second-order valence-electron chi connectivity index (χ2n) is 6.40. The molecule has 0 aromatic rings. The van der Waals surface area contributed by atoms with Gasteiger partial charge in [-0.15, -0.1) is 0 Å². The fraction of sp³-hybridized carbons (Fsp3) is 0.786. The first-order chi connectivity index (χ1) is 8.39. The van der Waals surface area contributed by atoms with E-state index in [0.29, 0.717) is 0 Å². The smallest absolute Gasteiger partial charge is 0.408 e. The van der Waals surface area contributed by atoms with Crippen molar-refractivity contribution in [1.82, 2.24) is 10.2 Å². The first kappa shape index (κ1) is 13.4. The molecule has 1 fully saturated rings. The zero-order valence-electron chi connectivity index (χ0n) is 11.7. The van der Waals surface area contributed by atoms with Crippen LogP contribution in [0.5, 0.6) is 0 Å². The number of carbonyl (C=O) groups excluding carboxylic acids is 1. The van der Waals surface area contributed by atoms with E-state index in [2.05, 4.69) is 22.4 Å². The van der Waals surface area contributed by atoms with Gasteiger partial charge in [-0.05, 0) is 40.0 Å². The maximum Gasteiger partial charge on any atom is 0.408 e. The van der Waals surface area contributed by atoms with Crippen molar-refractivity contribution in [1.29, 1.82) is 0 Å². The molecule has 1 aliphatic heterocycles. The Kier molecular flexibility index (Phi) is 3.66. The molecular formula is C14H24N2O2. The van der Waals surface area contributed by atoms with Crippen LogP contribution in [-0.4, -0.2) is 41.8 Å². The molecule has 4 nitrogen and oxygen atoms in total. The van der Waals surface area contributed by atoms with Gasteiger partial charge in [-0.3, -0.25) is 4.90 Å². The molecule has 0 bridgehead atoms. The molecule has 1 N–H and O–H groups in total. The lowest BCUT2D eigenvalue weighted by Gasteiger charge is -2.29. The Balaban J connectivity index is 1.81. The molecule has 0 atom stereocenters. The Morgan fingerprint density at radius 1 is 1.39 bits per heavy atom. The normalized spacial score (nSPS) is 22.6. The Bertz CT molecular complexity index is 340. The van der Waals surface area contributed by atoms with Crippen LogP contribution in [0.4, 0.5) is 4.79 Å². The zero-order valence-corrected chi connectivity index (χ0v) is 11.7. The van der Waals surface area contributed by atoms with Crippen LogP contribution in [0, 0.1) is 0 Å². The number of ether oxygens (including phenoxy) is 1. The van der Waals surface area contributed by atoms with Crippen LogP contribution < -0.4 is 5.32 Å². The van der Waals surface area contributed by atoms with Crippen LogP contribution in [0.25, 0.3) is 0 Å². The van der Waals surface area contributed by atoms with Gasteiger partial charge in [0.15, 0.2) is 0 Å². The second-order valence-corrected chi connectivity index (χ2v) is 6.40. The highest BCUT2D eigenvalue weighted by Crippen LogP contribution is 2.36. The Labute approximate surface area is 109 Å². The summed E-state index contributed by atoms with van der Waals surface area (Å²) < 4.78 is 5.32. The molecule has 1 aliphatic carbocycles. The molecule has 1 saturated carbocycles. The summed E-state index contributed by atoms with van der Waals surface area (Å²) in [4.78, 5) is 14.2. The average Bonchev–Trinajstić information content (AvgIpc) is 2.95. The Hall–Kier alpha value is -1.03. The van der Waals surface area contributed by atoms with Gasteiger partial charge >= 0.3 is 6.09 Å². The Morgan fingerprint density at radius 3 is 2.61 bits per heavy atom. The number of hydrogen-bond donors (Lipinski definition) is 1. The number of alkyl carbamates (subject to hydrolysis) is 1. The van der Waals surface area contributed by atoms with Crippen LogP contribution in [0.15, 0.2) is 12.2 Å². The third-order valence-corrected chi connectivity index (χ3v) is 3.29. The van der Waals surface area contributed by atoms with Gasteiger partial charge in [-0.1, -0.05) is 12.2 Å². The van der Waals surface area contributed by atoms with Crippen molar-refractivity contribution in [3.05, 3.63) is 12.2 Å². The minimum Gasteiger partial charge on any atom is -0.444 e. The molecule has 4 heteroatoms. The van der Waals surface area contributed by atoms with E-state index >= 15 is 0 Å². The van der Waals surface area contributed by atoms with Gasteiger partial charge in [0.05, 0.1) is 5.54 Å². The van der Waals surface area contributed by atoms with E-state index < -0.39 is 5.60 Å². The molecule has 0 aromatic heterocycles. The maximum absolute atomic E-state index is 11.8. The first-order valence-electron chi connectivity index (χ1n) is 6.77. The number of hydrogen-bond acceptors (Lipinski definition) is 3. The molecule has 0 radical (unpaired) electrons. The molecule has 0 unspecified atom stereocenters. The summed E-state index contributed by atoms with van der Waals surface area (Å²) in [6.07, 6.45) is 7.37. The van der Waals surface area contributed by atoms with E-state index in [0.717, 1.165) is 38.9 Å². The largest absolute Gasteiger partial charge is 0.444 e. The average molecular weight is 252 g/mol. The van der Waals surface area contributed by atoms with Gasteiger partial charge < -0.3 is 10.1 Å². The lowest BCUT2D eigenvalue weighted by atomic mass is 10.2. The van der Waals surface area contributed by atoms with Crippen molar-refractivity contribution < 1.29 is 9.53 Å². The molecule has 0 saturated heterocycles. The molecule has 2 aliphatic rings. The highest BCUT2D eigenvalue weighted by Gasteiger charge is 2.46. The third kappa shape index (κ3) is 4.02. The van der Waals surface area contributed by atoms with E-state index in [4.69, 9.17) is 4.74 Å². The van der Waals surface area contributed by atoms with E-state index in [-0.39, 0.29) is 11.6 Å². The highest BCUT2D eigenvalue weighted by atomic mass is 16.6. The van der Waals surface area contributed by atoms with E-state index in [1.165, 1.54) is 0 Å². The van der Waals surface area contributed by atoms with Crippen molar-refractivity contribution in [3.63, 3.8) is 0 Å². The van der Waals surface area contributed by atoms with E-state index in [1.54, 1.807) is 0 Å². The molecule has 1 amide bonds. The summed E-state index contributed by atoms with van der Waals surface area (Å²) in [5.41, 5.74) is -0.457. The van der Waals surface area contributed by atoms with E-state index in [1.807, 2.05) is 20.8 Å². The van der Waals surface area contributed by atoms with Crippen LogP contribution in [0.1, 0.15) is 40.0 Å². The van der Waals surface area contributed by atoms with Crippen molar-refractivity contribution in [2.45, 2.75) is 51.2 Å². The molecule has 0 aromatic carbocycles. The number of nitrogens with zero attached hydrogens (tertiary/aromatic N) is 1. The molecule has 2 rings (SSSR count). The summed E-state index contributed by atoms with van der Waals surface area (Å²) in [7, 11) is 0. The SMILES string of the molecule is CC(C)(C)OC(=O)NC1(CN2CC=CCC2)CC1. The molecule has 18 heavy (non-hydrogen) atoms. The van der Waals surface area contributed by atoms with Crippen molar-refractivity contribution in [3.8, 4) is 0 Å². The summed E-state index contributed by atoms with van der Waals surface area (Å²) in [6.45, 7) is 8.70. The fourth-order valence-corrected chi connectivity index (χ4v) is 2.26. The van der Waals surface area contributed by atoms with Crippen LogP contribution in [0.2, 0.25) is 0 Å². The third-order valence-electron chi connectivity index (χ3n) is 3.29. The van der Waals surface area contributed by atoms with Gasteiger partial charge in [0.1, 0.15) is 5.60 Å². The van der Waals surface area contributed by atoms with Crippen LogP contribution >= 0.6 is 0 Å². The van der Waals surface area contributed by atoms with Gasteiger partial charge in [0, 0.05) is 19.6 Å². The molecule has 0 spiro atoms. The predicted octanol–water partition coefficient (Wildman–Crippen LogP) is 2.31. The number of carbonyl (C=O) groups is 1. The minimum absolute atomic E-state index is 0.0342. The fourth-order valence-electron chi connectivity index (χ4n) is 2.26. The van der Waals surface area contributed by atoms with Gasteiger partial charge in [0.2, 0.25) is 0 Å². The van der Waals surface area contributed by atoms with E-state index in [9.17, 15) is 4.79 Å². The lowest BCUT2D eigenvalue weighted by Crippen LogP contribution is -2.48. The maximum atomic E-state index is 11.8. The summed E-state index contributed by atoms with van der Waals surface area (Å²) in [6, 6.07) is 0. The van der Waals surface area contributed by atoms with Crippen LogP contribution in [0.3, 0.4) is 0 Å². The Morgan fingerprint density at radius 2 is 2.11 bits per heavy atom. The number of nitrogens with one attached hydrogen (secondary N) is 1. The van der Waals surface area contributed by atoms with Gasteiger partial charge in [0.25, 0.3) is 0 Å². The molecule has 1 heterocycles. The van der Waals surface area contributed by atoms with Gasteiger partial charge in [-0.2, -0.15) is 0 Å². The quantitative estimate of drug-likeness (QED) is 0.784. The van der Waals surface area contributed by atoms with Crippen molar-refractivity contribution >= 4 is 6.09 Å².